The van der Waals surface area contributed by atoms with Crippen LogP contribution in [0.3, 0.4) is 0 Å². The van der Waals surface area contributed by atoms with Gasteiger partial charge in [0.25, 0.3) is 0 Å². The Morgan fingerprint density at radius 1 is 1.19 bits per heavy atom. The molecule has 0 radical (unpaired) electrons. The number of unbranched alkanes of at least 4 members (excludes halogenated alkanes) is 1. The van der Waals surface area contributed by atoms with Crippen LogP contribution in [0.25, 0.3) is 10.9 Å². The fourth-order valence-corrected chi connectivity index (χ4v) is 3.93. The number of fused-ring (bicyclic) bond motifs is 1. The van der Waals surface area contributed by atoms with Gasteiger partial charge in [-0.3, -0.25) is 4.57 Å². The molecule has 0 aliphatic heterocycles. The molecule has 3 rings (SSSR count). The average molecular weight is 473 g/mol. The van der Waals surface area contributed by atoms with E-state index in [9.17, 15) is 9.59 Å². The van der Waals surface area contributed by atoms with E-state index in [1.54, 1.807) is 24.3 Å². The summed E-state index contributed by atoms with van der Waals surface area (Å²) < 4.78 is 12.6. The van der Waals surface area contributed by atoms with Crippen molar-refractivity contribution in [3.63, 3.8) is 0 Å². The molecule has 0 bridgehead atoms. The fourth-order valence-electron chi connectivity index (χ4n) is 2.80. The molecular weight excluding hydrogens is 457 g/mol. The van der Waals surface area contributed by atoms with Crippen molar-refractivity contribution in [1.29, 1.82) is 0 Å². The normalized spacial score (nSPS) is 11.1. The minimum Gasteiger partial charge on any atom is -0.492 e. The Morgan fingerprint density at radius 2 is 1.96 bits per heavy atom. The van der Waals surface area contributed by atoms with Gasteiger partial charge in [-0.05, 0) is 65.5 Å². The van der Waals surface area contributed by atoms with Crippen molar-refractivity contribution in [3.05, 3.63) is 71.4 Å². The summed E-state index contributed by atoms with van der Waals surface area (Å²) in [4.78, 5) is 24.2. The van der Waals surface area contributed by atoms with E-state index in [0.717, 1.165) is 5.56 Å². The molecule has 0 N–H and O–H groups in total. The maximum Gasteiger partial charge on any atom is 0.422 e. The summed E-state index contributed by atoms with van der Waals surface area (Å²) in [5.41, 5.74) is 0.814. The Balaban J connectivity index is 1.71. The van der Waals surface area contributed by atoms with E-state index in [2.05, 4.69) is 15.9 Å². The summed E-state index contributed by atoms with van der Waals surface area (Å²) in [6, 6.07) is 8.78. The second-order valence-corrected chi connectivity index (χ2v) is 7.70. The maximum atomic E-state index is 12.2. The molecule has 2 aromatic carbocycles. The lowest BCUT2D eigenvalue weighted by Gasteiger charge is -2.12. The van der Waals surface area contributed by atoms with Crippen molar-refractivity contribution in [2.45, 2.75) is 26.3 Å². The quantitative estimate of drug-likeness (QED) is 0.463. The lowest BCUT2D eigenvalue weighted by Crippen LogP contribution is -2.25. The molecule has 0 saturated carbocycles. The first-order valence-corrected chi connectivity index (χ1v) is 9.84. The maximum absolute atomic E-state index is 12.2. The molecule has 0 saturated heterocycles. The standard InChI is InChI=1S/C19H16BrCl2NO4/c1-11-9-12-17(13(20)10-11)23(19(25)27-18(12)24)7-2-3-8-26-15-6-4-5-14(21)16(15)22/h4-6,9-10H,2-3,7-8H2,1H3. The number of benzene rings is 2. The minimum atomic E-state index is -0.671. The first kappa shape index (κ1) is 20.0. The van der Waals surface area contributed by atoms with Gasteiger partial charge in [-0.25, -0.2) is 9.59 Å². The molecule has 0 aliphatic rings. The van der Waals surface area contributed by atoms with Gasteiger partial charge in [0.1, 0.15) is 10.8 Å². The summed E-state index contributed by atoms with van der Waals surface area (Å²) >= 11 is 15.5. The van der Waals surface area contributed by atoms with E-state index >= 15 is 0 Å². The number of rotatable bonds is 6. The molecule has 0 fully saturated rings. The van der Waals surface area contributed by atoms with Crippen LogP contribution >= 0.6 is 39.1 Å². The Morgan fingerprint density at radius 3 is 2.74 bits per heavy atom. The molecule has 3 aromatic rings. The van der Waals surface area contributed by atoms with Gasteiger partial charge in [0.15, 0.2) is 0 Å². The predicted octanol–water partition coefficient (Wildman–Crippen LogP) is 5.19. The van der Waals surface area contributed by atoms with Crippen LogP contribution in [0.5, 0.6) is 5.75 Å². The van der Waals surface area contributed by atoms with E-state index < -0.39 is 11.4 Å². The molecule has 1 aromatic heterocycles. The SMILES string of the molecule is Cc1cc(Br)c2c(c1)c(=O)oc(=O)n2CCCCOc1cccc(Cl)c1Cl. The highest BCUT2D eigenvalue weighted by molar-refractivity contribution is 9.10. The van der Waals surface area contributed by atoms with Crippen molar-refractivity contribution >= 4 is 50.0 Å². The van der Waals surface area contributed by atoms with Gasteiger partial charge in [0.05, 0.1) is 22.5 Å². The van der Waals surface area contributed by atoms with E-state index in [1.165, 1.54) is 4.57 Å². The molecule has 8 heteroatoms. The van der Waals surface area contributed by atoms with Gasteiger partial charge in [-0.15, -0.1) is 0 Å². The highest BCUT2D eigenvalue weighted by Gasteiger charge is 2.13. The number of aromatic nitrogens is 1. The van der Waals surface area contributed by atoms with Crippen LogP contribution in [0.1, 0.15) is 18.4 Å². The van der Waals surface area contributed by atoms with Gasteiger partial charge in [0.2, 0.25) is 0 Å². The smallest absolute Gasteiger partial charge is 0.422 e. The van der Waals surface area contributed by atoms with Crippen LogP contribution in [0.2, 0.25) is 10.0 Å². The summed E-state index contributed by atoms with van der Waals surface area (Å²) in [6.45, 7) is 2.69. The third-order valence-electron chi connectivity index (χ3n) is 4.05. The van der Waals surface area contributed by atoms with Gasteiger partial charge in [0, 0.05) is 11.0 Å². The first-order valence-electron chi connectivity index (χ1n) is 8.29. The molecule has 142 valence electrons. The highest BCUT2D eigenvalue weighted by atomic mass is 79.9. The number of halogens is 3. The Bertz CT molecular complexity index is 1110. The molecule has 0 aliphatic carbocycles. The molecule has 5 nitrogen and oxygen atoms in total. The van der Waals surface area contributed by atoms with Crippen molar-refractivity contribution in [2.24, 2.45) is 0 Å². The van der Waals surface area contributed by atoms with Crippen LogP contribution < -0.4 is 16.1 Å². The molecule has 0 atom stereocenters. The predicted molar refractivity (Wildman–Crippen MR) is 110 cm³/mol. The molecule has 0 unspecified atom stereocenters. The molecule has 0 spiro atoms. The number of nitrogens with zero attached hydrogens (tertiary/aromatic N) is 1. The van der Waals surface area contributed by atoms with Crippen LogP contribution in [0, 0.1) is 6.92 Å². The Hall–Kier alpha value is -1.76. The first-order chi connectivity index (χ1) is 12.9. The fraction of sp³-hybridized carbons (Fsp3) is 0.263. The zero-order valence-electron chi connectivity index (χ0n) is 14.4. The van der Waals surface area contributed by atoms with Crippen molar-refractivity contribution in [2.75, 3.05) is 6.61 Å². The van der Waals surface area contributed by atoms with Gasteiger partial charge in [-0.1, -0.05) is 29.3 Å². The number of hydrogen-bond donors (Lipinski definition) is 0. The Labute approximate surface area is 173 Å². The zero-order chi connectivity index (χ0) is 19.6. The van der Waals surface area contributed by atoms with Crippen molar-refractivity contribution in [3.8, 4) is 5.75 Å². The number of hydrogen-bond acceptors (Lipinski definition) is 4. The molecule has 1 heterocycles. The van der Waals surface area contributed by atoms with E-state index in [0.29, 0.717) is 57.2 Å². The van der Waals surface area contributed by atoms with E-state index in [1.807, 2.05) is 13.0 Å². The Kier molecular flexibility index (Phi) is 6.29. The monoisotopic (exact) mass is 471 g/mol. The summed E-state index contributed by atoms with van der Waals surface area (Å²) in [5, 5.41) is 1.19. The van der Waals surface area contributed by atoms with Crippen LogP contribution in [-0.2, 0) is 6.54 Å². The summed E-state index contributed by atoms with van der Waals surface area (Å²) in [5.74, 6) is -0.147. The molecule has 27 heavy (non-hydrogen) atoms. The number of ether oxygens (including phenoxy) is 1. The second kappa shape index (κ2) is 8.50. The largest absolute Gasteiger partial charge is 0.492 e. The van der Waals surface area contributed by atoms with Gasteiger partial charge < -0.3 is 9.15 Å². The van der Waals surface area contributed by atoms with Crippen molar-refractivity contribution in [1.82, 2.24) is 4.57 Å². The van der Waals surface area contributed by atoms with E-state index in [4.69, 9.17) is 32.4 Å². The summed E-state index contributed by atoms with van der Waals surface area (Å²) in [7, 11) is 0. The average Bonchev–Trinajstić information content (AvgIpc) is 2.61. The summed E-state index contributed by atoms with van der Waals surface area (Å²) in [6.07, 6.45) is 1.33. The third-order valence-corrected chi connectivity index (χ3v) is 5.45. The van der Waals surface area contributed by atoms with Gasteiger partial charge in [-0.2, -0.15) is 0 Å². The highest BCUT2D eigenvalue weighted by Crippen LogP contribution is 2.31. The number of aryl methyl sites for hydroxylation is 2. The van der Waals surface area contributed by atoms with Crippen LogP contribution in [0.15, 0.2) is 48.8 Å². The topological polar surface area (TPSA) is 61.4 Å². The molecular formula is C19H16BrCl2NO4. The molecule has 0 amide bonds. The lowest BCUT2D eigenvalue weighted by atomic mass is 10.1. The third kappa shape index (κ3) is 4.39. The van der Waals surface area contributed by atoms with Crippen LogP contribution in [0.4, 0.5) is 0 Å². The second-order valence-electron chi connectivity index (χ2n) is 6.06. The zero-order valence-corrected chi connectivity index (χ0v) is 17.5. The van der Waals surface area contributed by atoms with Gasteiger partial charge >= 0.3 is 11.4 Å². The minimum absolute atomic E-state index is 0.378. The van der Waals surface area contributed by atoms with Crippen LogP contribution in [-0.4, -0.2) is 11.2 Å². The van der Waals surface area contributed by atoms with E-state index in [-0.39, 0.29) is 0 Å². The lowest BCUT2D eigenvalue weighted by molar-refractivity contribution is 0.301. The van der Waals surface area contributed by atoms with Crippen molar-refractivity contribution < 1.29 is 9.15 Å².